The van der Waals surface area contributed by atoms with Gasteiger partial charge in [0.2, 0.25) is 0 Å². The summed E-state index contributed by atoms with van der Waals surface area (Å²) in [5.41, 5.74) is -1.02. The number of pyridine rings is 1. The minimum absolute atomic E-state index is 0.0123. The first-order valence-electron chi connectivity index (χ1n) is 3.28. The van der Waals surface area contributed by atoms with Crippen LogP contribution in [0.5, 0.6) is 0 Å². The molecule has 0 fully saturated rings. The maximum absolute atomic E-state index is 12.1. The number of nitrogens with zero attached hydrogens (tertiary/aromatic N) is 1. The summed E-state index contributed by atoms with van der Waals surface area (Å²) in [5.74, 6) is 0. The van der Waals surface area contributed by atoms with E-state index in [9.17, 15) is 13.2 Å². The number of aliphatic hydroxyl groups is 1. The van der Waals surface area contributed by atoms with Gasteiger partial charge >= 0.3 is 6.18 Å². The van der Waals surface area contributed by atoms with Gasteiger partial charge in [0.05, 0.1) is 12.3 Å². The highest BCUT2D eigenvalue weighted by Crippen LogP contribution is 2.29. The van der Waals surface area contributed by atoms with Crippen molar-refractivity contribution in [3.8, 4) is 0 Å². The fourth-order valence-electron chi connectivity index (χ4n) is 0.777. The van der Waals surface area contributed by atoms with Gasteiger partial charge in [-0.05, 0) is 12.1 Å². The average molecular weight is 256 g/mol. The van der Waals surface area contributed by atoms with Crippen molar-refractivity contribution < 1.29 is 18.3 Å². The standard InChI is InChI=1S/C7H5BrF3NO/c8-4-1-5(3-13)12-6(2-4)7(9,10)11/h1-2,13H,3H2. The van der Waals surface area contributed by atoms with Crippen LogP contribution in [0.2, 0.25) is 0 Å². The maximum atomic E-state index is 12.1. The highest BCUT2D eigenvalue weighted by molar-refractivity contribution is 9.10. The second-order valence-corrected chi connectivity index (χ2v) is 3.23. The number of hydrogen-bond donors (Lipinski definition) is 1. The predicted octanol–water partition coefficient (Wildman–Crippen LogP) is 2.36. The average Bonchev–Trinajstić information content (AvgIpc) is 2.01. The van der Waals surface area contributed by atoms with Crippen molar-refractivity contribution in [3.63, 3.8) is 0 Å². The first-order chi connectivity index (χ1) is 5.93. The molecule has 0 unspecified atom stereocenters. The normalized spacial score (nSPS) is 11.8. The molecule has 0 aliphatic heterocycles. The number of aromatic nitrogens is 1. The quantitative estimate of drug-likeness (QED) is 0.836. The molecule has 0 aliphatic carbocycles. The van der Waals surface area contributed by atoms with Gasteiger partial charge < -0.3 is 5.11 Å². The summed E-state index contributed by atoms with van der Waals surface area (Å²) in [5, 5.41) is 8.60. The molecule has 1 aromatic rings. The fraction of sp³-hybridized carbons (Fsp3) is 0.286. The summed E-state index contributed by atoms with van der Waals surface area (Å²) in [7, 11) is 0. The minimum Gasteiger partial charge on any atom is -0.390 e. The number of aliphatic hydroxyl groups excluding tert-OH is 1. The van der Waals surface area contributed by atoms with E-state index in [0.717, 1.165) is 6.07 Å². The van der Waals surface area contributed by atoms with Crippen molar-refractivity contribution in [2.75, 3.05) is 0 Å². The highest BCUT2D eigenvalue weighted by atomic mass is 79.9. The number of halogens is 4. The Kier molecular flexibility index (Phi) is 2.92. The largest absolute Gasteiger partial charge is 0.433 e. The molecule has 0 aromatic carbocycles. The Bertz CT molecular complexity index is 313. The molecule has 13 heavy (non-hydrogen) atoms. The fourth-order valence-corrected chi connectivity index (χ4v) is 1.26. The Balaban J connectivity index is 3.16. The molecule has 0 aliphatic rings. The molecule has 0 saturated heterocycles. The molecule has 6 heteroatoms. The van der Waals surface area contributed by atoms with Crippen LogP contribution in [0, 0.1) is 0 Å². The third-order valence-corrected chi connectivity index (χ3v) is 1.75. The van der Waals surface area contributed by atoms with Crippen LogP contribution in [0.1, 0.15) is 11.4 Å². The second-order valence-electron chi connectivity index (χ2n) is 2.32. The van der Waals surface area contributed by atoms with Gasteiger partial charge in [0, 0.05) is 4.47 Å². The lowest BCUT2D eigenvalue weighted by atomic mass is 10.3. The van der Waals surface area contributed by atoms with Crippen LogP contribution in [0.25, 0.3) is 0 Å². The van der Waals surface area contributed by atoms with E-state index >= 15 is 0 Å². The number of hydrogen-bond acceptors (Lipinski definition) is 2. The van der Waals surface area contributed by atoms with Crippen LogP contribution in [0.3, 0.4) is 0 Å². The summed E-state index contributed by atoms with van der Waals surface area (Å²) >= 11 is 2.90. The third-order valence-electron chi connectivity index (χ3n) is 1.30. The van der Waals surface area contributed by atoms with Gasteiger partial charge in [-0.3, -0.25) is 0 Å². The first kappa shape index (κ1) is 10.5. The van der Waals surface area contributed by atoms with Crippen LogP contribution < -0.4 is 0 Å². The summed E-state index contributed by atoms with van der Waals surface area (Å²) in [4.78, 5) is 3.22. The molecule has 0 radical (unpaired) electrons. The molecule has 0 saturated carbocycles. The van der Waals surface area contributed by atoms with Gasteiger partial charge in [0.15, 0.2) is 0 Å². The van der Waals surface area contributed by atoms with Crippen LogP contribution in [-0.4, -0.2) is 10.1 Å². The molecule has 0 atom stereocenters. The van der Waals surface area contributed by atoms with Crippen molar-refractivity contribution in [1.29, 1.82) is 0 Å². The number of rotatable bonds is 1. The third kappa shape index (κ3) is 2.67. The van der Waals surface area contributed by atoms with E-state index < -0.39 is 18.5 Å². The molecular formula is C7H5BrF3NO. The van der Waals surface area contributed by atoms with Crippen molar-refractivity contribution in [1.82, 2.24) is 4.98 Å². The lowest BCUT2D eigenvalue weighted by Gasteiger charge is -2.07. The molecule has 1 heterocycles. The molecule has 1 N–H and O–H groups in total. The molecule has 1 rings (SSSR count). The number of alkyl halides is 3. The van der Waals surface area contributed by atoms with Crippen molar-refractivity contribution in [2.24, 2.45) is 0 Å². The molecular weight excluding hydrogens is 251 g/mol. The Morgan fingerprint density at radius 3 is 2.46 bits per heavy atom. The smallest absolute Gasteiger partial charge is 0.390 e. The van der Waals surface area contributed by atoms with E-state index in [1.165, 1.54) is 6.07 Å². The molecule has 72 valence electrons. The summed E-state index contributed by atoms with van der Waals surface area (Å²) < 4.78 is 36.6. The van der Waals surface area contributed by atoms with Gasteiger partial charge in [0.1, 0.15) is 5.69 Å². The Morgan fingerprint density at radius 1 is 1.38 bits per heavy atom. The first-order valence-corrected chi connectivity index (χ1v) is 4.07. The molecule has 2 nitrogen and oxygen atoms in total. The van der Waals surface area contributed by atoms with E-state index in [1.807, 2.05) is 0 Å². The lowest BCUT2D eigenvalue weighted by molar-refractivity contribution is -0.141. The Hall–Kier alpha value is -0.620. The molecule has 1 aromatic heterocycles. The van der Waals surface area contributed by atoms with Crippen molar-refractivity contribution in [2.45, 2.75) is 12.8 Å². The van der Waals surface area contributed by atoms with Crippen molar-refractivity contribution >= 4 is 15.9 Å². The van der Waals surface area contributed by atoms with Gasteiger partial charge in [-0.2, -0.15) is 13.2 Å². The predicted molar refractivity (Wildman–Crippen MR) is 42.9 cm³/mol. The van der Waals surface area contributed by atoms with Crippen LogP contribution in [0.4, 0.5) is 13.2 Å². The minimum atomic E-state index is -4.48. The zero-order valence-corrected chi connectivity index (χ0v) is 7.85. The van der Waals surface area contributed by atoms with E-state index in [1.54, 1.807) is 0 Å². The Morgan fingerprint density at radius 2 is 2.00 bits per heavy atom. The zero-order chi connectivity index (χ0) is 10.1. The van der Waals surface area contributed by atoms with Gasteiger partial charge in [-0.1, -0.05) is 15.9 Å². The summed E-state index contributed by atoms with van der Waals surface area (Å²) in [6.45, 7) is -0.511. The lowest BCUT2D eigenvalue weighted by Crippen LogP contribution is -2.09. The summed E-state index contributed by atoms with van der Waals surface area (Å²) in [6, 6.07) is 2.19. The monoisotopic (exact) mass is 255 g/mol. The SMILES string of the molecule is OCc1cc(Br)cc(C(F)(F)F)n1. The van der Waals surface area contributed by atoms with Crippen molar-refractivity contribution in [3.05, 3.63) is 28.0 Å². The van der Waals surface area contributed by atoms with Gasteiger partial charge in [-0.25, -0.2) is 4.98 Å². The molecule has 0 bridgehead atoms. The maximum Gasteiger partial charge on any atom is 0.433 e. The molecule has 0 amide bonds. The van der Waals surface area contributed by atoms with Gasteiger partial charge in [-0.15, -0.1) is 0 Å². The highest BCUT2D eigenvalue weighted by Gasteiger charge is 2.32. The summed E-state index contributed by atoms with van der Waals surface area (Å²) in [6.07, 6.45) is -4.48. The van der Waals surface area contributed by atoms with E-state index in [2.05, 4.69) is 20.9 Å². The van der Waals surface area contributed by atoms with Crippen LogP contribution in [0.15, 0.2) is 16.6 Å². The van der Waals surface area contributed by atoms with Crippen LogP contribution >= 0.6 is 15.9 Å². The Labute approximate surface area is 80.5 Å². The van der Waals surface area contributed by atoms with Crippen LogP contribution in [-0.2, 0) is 12.8 Å². The molecule has 0 spiro atoms. The zero-order valence-electron chi connectivity index (χ0n) is 6.27. The van der Waals surface area contributed by atoms with E-state index in [0.29, 0.717) is 0 Å². The van der Waals surface area contributed by atoms with E-state index in [4.69, 9.17) is 5.11 Å². The van der Waals surface area contributed by atoms with E-state index in [-0.39, 0.29) is 10.2 Å². The topological polar surface area (TPSA) is 33.1 Å². The second kappa shape index (κ2) is 3.63. The van der Waals surface area contributed by atoms with Gasteiger partial charge in [0.25, 0.3) is 0 Å².